The van der Waals surface area contributed by atoms with Gasteiger partial charge in [-0.05, 0) is 59.6 Å². The van der Waals surface area contributed by atoms with Crippen LogP contribution in [0.1, 0.15) is 89.9 Å². The van der Waals surface area contributed by atoms with Gasteiger partial charge in [-0.15, -0.1) is 11.3 Å². The van der Waals surface area contributed by atoms with Crippen LogP contribution in [0.25, 0.3) is 0 Å². The predicted molar refractivity (Wildman–Crippen MR) is 151 cm³/mol. The number of nitrogens with zero attached hydrogens (tertiary/aromatic N) is 4. The summed E-state index contributed by atoms with van der Waals surface area (Å²) in [7, 11) is 0. The zero-order chi connectivity index (χ0) is 29.1. The number of carbonyl (C=O) groups is 1. The lowest BCUT2D eigenvalue weighted by atomic mass is 9.91. The van der Waals surface area contributed by atoms with Crippen LogP contribution in [-0.2, 0) is 24.3 Å². The second kappa shape index (κ2) is 12.3. The Hall–Kier alpha value is -3.86. The molecule has 7 nitrogen and oxygen atoms in total. The molecule has 0 spiro atoms. The van der Waals surface area contributed by atoms with Gasteiger partial charge in [-0.2, -0.15) is 19.3 Å². The number of carbonyl (C=O) groups excluding carboxylic acids is 1. The van der Waals surface area contributed by atoms with Crippen molar-refractivity contribution in [2.75, 3.05) is 5.32 Å². The van der Waals surface area contributed by atoms with E-state index in [4.69, 9.17) is 4.98 Å². The van der Waals surface area contributed by atoms with Gasteiger partial charge in [0.15, 0.2) is 5.13 Å². The van der Waals surface area contributed by atoms with Crippen molar-refractivity contribution in [2.24, 2.45) is 5.92 Å². The van der Waals surface area contributed by atoms with Crippen molar-refractivity contribution in [3.8, 4) is 17.9 Å². The van der Waals surface area contributed by atoms with Crippen LogP contribution in [0.5, 0.6) is 5.75 Å². The first kappa shape index (κ1) is 28.7. The maximum absolute atomic E-state index is 13.0. The molecule has 5 rings (SSSR count). The fourth-order valence-electron chi connectivity index (χ4n) is 6.04. The van der Waals surface area contributed by atoms with Crippen molar-refractivity contribution < 1.29 is 18.3 Å². The third-order valence-electron chi connectivity index (χ3n) is 7.79. The molecule has 2 aromatic carbocycles. The Morgan fingerprint density at radius 3 is 2.51 bits per heavy atom. The van der Waals surface area contributed by atoms with Gasteiger partial charge in [0.2, 0.25) is 5.91 Å². The van der Waals surface area contributed by atoms with Crippen LogP contribution >= 0.6 is 11.3 Å². The van der Waals surface area contributed by atoms with Crippen LogP contribution < -0.4 is 10.1 Å². The van der Waals surface area contributed by atoms with E-state index >= 15 is 0 Å². The van der Waals surface area contributed by atoms with Gasteiger partial charge in [0.25, 0.3) is 0 Å². The topological polar surface area (TPSA) is 102 Å². The van der Waals surface area contributed by atoms with Crippen LogP contribution in [0.3, 0.4) is 0 Å². The van der Waals surface area contributed by atoms with Crippen LogP contribution in [0.15, 0.2) is 36.4 Å². The number of anilines is 1. The molecule has 2 aliphatic rings. The number of rotatable bonds is 9. The number of ether oxygens (including phenoxy) is 1. The van der Waals surface area contributed by atoms with E-state index in [1.54, 1.807) is 6.07 Å². The molecule has 1 amide bonds. The molecule has 0 unspecified atom stereocenters. The molecule has 1 aromatic heterocycles. The lowest BCUT2D eigenvalue weighted by molar-refractivity contribution is -0.115. The van der Waals surface area contributed by atoms with Gasteiger partial charge in [-0.25, -0.2) is 4.98 Å². The maximum Gasteiger partial charge on any atom is 0.387 e. The first-order valence-corrected chi connectivity index (χ1v) is 14.6. The average Bonchev–Trinajstić information content (AvgIpc) is 3.65. The SMILES string of the molecule is CC(C)[C@H]1c2nc(NC(=O)Cc3ccc(C#N)c(C4CCCC4)c3)sc2CN1Cc1ccc(C#N)c(OC(F)F)c1. The van der Waals surface area contributed by atoms with Gasteiger partial charge >= 0.3 is 6.61 Å². The molecule has 1 aliphatic heterocycles. The summed E-state index contributed by atoms with van der Waals surface area (Å²) in [5.74, 6) is 0.320. The zero-order valence-electron chi connectivity index (χ0n) is 23.0. The summed E-state index contributed by atoms with van der Waals surface area (Å²) in [6, 6.07) is 14.6. The number of nitriles is 2. The second-order valence-electron chi connectivity index (χ2n) is 11.0. The molecule has 1 aliphatic carbocycles. The second-order valence-corrected chi connectivity index (χ2v) is 12.1. The molecule has 10 heteroatoms. The van der Waals surface area contributed by atoms with Gasteiger partial charge < -0.3 is 10.1 Å². The number of amides is 1. The fourth-order valence-corrected chi connectivity index (χ4v) is 7.09. The Morgan fingerprint density at radius 2 is 1.83 bits per heavy atom. The standard InChI is InChI=1S/C31H31F2N5O2S/c1-18(2)29-28-26(17-38(29)16-20-8-10-23(15-35)25(12-20)40-30(32)33)41-31(37-28)36-27(39)13-19-7-9-22(14-34)24(11-19)21-5-3-4-6-21/h7-12,18,21,29-30H,3-6,13,16-17H2,1-2H3,(H,36,37,39)/t29-/m0/s1. The van der Waals surface area contributed by atoms with Crippen molar-refractivity contribution in [1.29, 1.82) is 10.5 Å². The van der Waals surface area contributed by atoms with Gasteiger partial charge in [0.1, 0.15) is 11.8 Å². The van der Waals surface area contributed by atoms with E-state index in [1.165, 1.54) is 36.3 Å². The van der Waals surface area contributed by atoms with E-state index < -0.39 is 6.61 Å². The molecule has 1 atom stereocenters. The highest BCUT2D eigenvalue weighted by Gasteiger charge is 2.36. The highest BCUT2D eigenvalue weighted by Crippen LogP contribution is 2.43. The molecular formula is C31H31F2N5O2S. The first-order valence-electron chi connectivity index (χ1n) is 13.8. The summed E-state index contributed by atoms with van der Waals surface area (Å²) in [6.07, 6.45) is 4.71. The fraction of sp³-hybridized carbons (Fsp3) is 0.419. The van der Waals surface area contributed by atoms with Crippen molar-refractivity contribution in [1.82, 2.24) is 9.88 Å². The zero-order valence-corrected chi connectivity index (χ0v) is 23.8. The minimum absolute atomic E-state index is 0.0190. The van der Waals surface area contributed by atoms with Crippen LogP contribution in [-0.4, -0.2) is 22.4 Å². The van der Waals surface area contributed by atoms with Crippen molar-refractivity contribution in [3.05, 3.63) is 74.8 Å². The monoisotopic (exact) mass is 575 g/mol. The highest BCUT2D eigenvalue weighted by molar-refractivity contribution is 7.15. The lowest BCUT2D eigenvalue weighted by Gasteiger charge is -2.27. The molecular weight excluding hydrogens is 544 g/mol. The van der Waals surface area contributed by atoms with E-state index in [0.717, 1.165) is 40.1 Å². The van der Waals surface area contributed by atoms with E-state index in [1.807, 2.05) is 24.3 Å². The summed E-state index contributed by atoms with van der Waals surface area (Å²) in [5.41, 5.74) is 4.37. The van der Waals surface area contributed by atoms with Crippen LogP contribution in [0.2, 0.25) is 0 Å². The summed E-state index contributed by atoms with van der Waals surface area (Å²) in [5, 5.41) is 22.3. The molecule has 212 valence electrons. The normalized spacial score (nSPS) is 17.0. The Labute approximate surface area is 242 Å². The summed E-state index contributed by atoms with van der Waals surface area (Å²) < 4.78 is 30.3. The van der Waals surface area contributed by atoms with Crippen LogP contribution in [0, 0.1) is 28.6 Å². The van der Waals surface area contributed by atoms with Crippen molar-refractivity contribution in [3.63, 3.8) is 0 Å². The van der Waals surface area contributed by atoms with Gasteiger partial charge in [-0.3, -0.25) is 9.69 Å². The minimum Gasteiger partial charge on any atom is -0.433 e. The Bertz CT molecular complexity index is 1520. The first-order chi connectivity index (χ1) is 19.7. The number of nitrogens with one attached hydrogen (secondary N) is 1. The summed E-state index contributed by atoms with van der Waals surface area (Å²) in [6.45, 7) is 2.27. The molecule has 0 saturated heterocycles. The van der Waals surface area contributed by atoms with E-state index in [0.29, 0.717) is 29.7 Å². The molecule has 41 heavy (non-hydrogen) atoms. The summed E-state index contributed by atoms with van der Waals surface area (Å²) >= 11 is 1.45. The molecule has 1 saturated carbocycles. The molecule has 1 N–H and O–H groups in total. The average molecular weight is 576 g/mol. The largest absolute Gasteiger partial charge is 0.433 e. The quantitative estimate of drug-likeness (QED) is 0.294. The number of hydrogen-bond donors (Lipinski definition) is 1. The highest BCUT2D eigenvalue weighted by atomic mass is 32.1. The molecule has 0 radical (unpaired) electrons. The number of hydrogen-bond acceptors (Lipinski definition) is 7. The lowest BCUT2D eigenvalue weighted by Crippen LogP contribution is -2.26. The molecule has 1 fully saturated rings. The third-order valence-corrected chi connectivity index (χ3v) is 8.76. The number of thiazole rings is 1. The third kappa shape index (κ3) is 6.40. The number of aromatic nitrogens is 1. The van der Waals surface area contributed by atoms with E-state index in [2.05, 4.69) is 34.9 Å². The Morgan fingerprint density at radius 1 is 1.12 bits per heavy atom. The van der Waals surface area contributed by atoms with E-state index in [-0.39, 0.29) is 35.6 Å². The van der Waals surface area contributed by atoms with Crippen molar-refractivity contribution >= 4 is 22.4 Å². The van der Waals surface area contributed by atoms with Crippen molar-refractivity contribution in [2.45, 2.75) is 77.6 Å². The number of fused-ring (bicyclic) bond motifs is 1. The Balaban J connectivity index is 1.27. The predicted octanol–water partition coefficient (Wildman–Crippen LogP) is 7.04. The number of alkyl halides is 2. The number of benzene rings is 2. The molecule has 2 heterocycles. The number of halogens is 2. The Kier molecular flexibility index (Phi) is 8.63. The summed E-state index contributed by atoms with van der Waals surface area (Å²) in [4.78, 5) is 21.0. The van der Waals surface area contributed by atoms with Crippen LogP contribution in [0.4, 0.5) is 13.9 Å². The minimum atomic E-state index is -3.01. The van der Waals surface area contributed by atoms with E-state index in [9.17, 15) is 24.1 Å². The smallest absolute Gasteiger partial charge is 0.387 e. The maximum atomic E-state index is 13.0. The van der Waals surface area contributed by atoms with Gasteiger partial charge in [0.05, 0.1) is 35.4 Å². The van der Waals surface area contributed by atoms with Gasteiger partial charge in [0, 0.05) is 18.0 Å². The molecule has 3 aromatic rings. The molecule has 0 bridgehead atoms. The van der Waals surface area contributed by atoms with Gasteiger partial charge in [-0.1, -0.05) is 44.9 Å².